The summed E-state index contributed by atoms with van der Waals surface area (Å²) >= 11 is 0. The van der Waals surface area contributed by atoms with Crippen molar-refractivity contribution >= 4 is 41.1 Å². The predicted molar refractivity (Wildman–Crippen MR) is 257 cm³/mol. The topological polar surface area (TPSA) is 19.1 Å². The van der Waals surface area contributed by atoms with Crippen LogP contribution in [0.5, 0.6) is 0 Å². The normalized spacial score (nSPS) is 14.8. The van der Waals surface area contributed by atoms with E-state index in [-0.39, 0.29) is 12.0 Å². The minimum Gasteiger partial charge on any atom is -0.353 e. The zero-order chi connectivity index (χ0) is 41.1. The average Bonchev–Trinajstić information content (AvgIpc) is 3.26. The minimum absolute atomic E-state index is 0.172. The largest absolute Gasteiger partial charge is 0.353 e. The maximum Gasteiger partial charge on any atom is 0.213 e. The van der Waals surface area contributed by atoms with Gasteiger partial charge in [-0.25, -0.2) is 0 Å². The van der Waals surface area contributed by atoms with Gasteiger partial charge in [0, 0.05) is 52.1 Å². The highest BCUT2D eigenvalue weighted by molar-refractivity contribution is 6.88. The second-order valence-corrected chi connectivity index (χ2v) is 22.1. The molecule has 0 amide bonds. The molecule has 8 rings (SSSR count). The Bertz CT molecular complexity index is 2670. The molecule has 0 radical (unpaired) electrons. The van der Waals surface area contributed by atoms with Gasteiger partial charge in [0.05, 0.1) is 25.9 Å². The van der Waals surface area contributed by atoms with Gasteiger partial charge in [-0.05, 0) is 71.7 Å². The van der Waals surface area contributed by atoms with Crippen LogP contribution in [-0.2, 0) is 0 Å². The number of anilines is 3. The standard InChI is InChI=1S/C55H56N3Si/c1-8-19-39(2)28-32-49-47-26-17-18-27-48(47)53-35-31-45(59(5,6)7)38-58(53)54(49)36-40(3)57(4)55-46-25-16-15-24-43(46)29-34-52(55)56-51-33-30-44(41-20-11-9-12-21-41)37-50(51)42-22-13-10-14-23-42/h8-27,29-31,33-35,37-38,49,54,56H,2-3,28,32,36H2,1,4-7H3/q+1/b19-8-. The van der Waals surface area contributed by atoms with Crippen LogP contribution < -0.4 is 20.0 Å². The molecule has 294 valence electrons. The van der Waals surface area contributed by atoms with E-state index in [0.29, 0.717) is 0 Å². The van der Waals surface area contributed by atoms with Crippen LogP contribution in [0, 0.1) is 0 Å². The van der Waals surface area contributed by atoms with Crippen molar-refractivity contribution < 1.29 is 4.57 Å². The summed E-state index contributed by atoms with van der Waals surface area (Å²) in [5.41, 5.74) is 14.2. The SMILES string of the molecule is C=C(/C=C\C)CCC1c2ccccc2-c2ccc([Si](C)(C)C)c[n+]2C1CC(=C)N(C)c1c(Nc2ccc(-c3ccccc3)cc2-c2ccccc2)ccc2ccccc12. The number of benzene rings is 6. The van der Waals surface area contributed by atoms with Gasteiger partial charge < -0.3 is 10.2 Å². The zero-order valence-electron chi connectivity index (χ0n) is 35.3. The molecule has 0 bridgehead atoms. The molecule has 1 aromatic heterocycles. The first-order chi connectivity index (χ1) is 28.6. The number of nitrogens with one attached hydrogen (secondary N) is 1. The Labute approximate surface area is 352 Å². The predicted octanol–water partition coefficient (Wildman–Crippen LogP) is 14.0. The van der Waals surface area contributed by atoms with E-state index in [4.69, 9.17) is 6.58 Å². The van der Waals surface area contributed by atoms with Crippen LogP contribution in [0.1, 0.15) is 43.7 Å². The fourth-order valence-corrected chi connectivity index (χ4v) is 10.00. The lowest BCUT2D eigenvalue weighted by Gasteiger charge is -2.34. The fraction of sp³-hybridized carbons (Fsp3) is 0.182. The van der Waals surface area contributed by atoms with Crippen molar-refractivity contribution in [3.05, 3.63) is 200 Å². The smallest absolute Gasteiger partial charge is 0.213 e. The molecule has 6 aromatic carbocycles. The van der Waals surface area contributed by atoms with Crippen molar-refractivity contribution in [3.63, 3.8) is 0 Å². The first-order valence-electron chi connectivity index (χ1n) is 21.0. The molecular weight excluding hydrogens is 731 g/mol. The summed E-state index contributed by atoms with van der Waals surface area (Å²) in [7, 11) is 0.594. The Hall–Kier alpha value is -6.23. The second-order valence-electron chi connectivity index (χ2n) is 17.0. The van der Waals surface area contributed by atoms with E-state index in [9.17, 15) is 0 Å². The van der Waals surface area contributed by atoms with Crippen LogP contribution >= 0.6 is 0 Å². The van der Waals surface area contributed by atoms with Crippen molar-refractivity contribution in [1.82, 2.24) is 0 Å². The van der Waals surface area contributed by atoms with Gasteiger partial charge in [0.15, 0.2) is 12.2 Å². The summed E-state index contributed by atoms with van der Waals surface area (Å²) in [4.78, 5) is 2.35. The van der Waals surface area contributed by atoms with E-state index in [2.05, 4.69) is 225 Å². The zero-order valence-corrected chi connectivity index (χ0v) is 36.3. The minimum atomic E-state index is -1.61. The first kappa shape index (κ1) is 39.6. The van der Waals surface area contributed by atoms with E-state index in [1.165, 1.54) is 55.0 Å². The van der Waals surface area contributed by atoms with E-state index in [1.54, 1.807) is 0 Å². The molecule has 0 aliphatic carbocycles. The van der Waals surface area contributed by atoms with E-state index >= 15 is 0 Å². The van der Waals surface area contributed by atoms with Gasteiger partial charge in [0.2, 0.25) is 5.69 Å². The van der Waals surface area contributed by atoms with Crippen LogP contribution in [0.4, 0.5) is 17.1 Å². The highest BCUT2D eigenvalue weighted by Crippen LogP contribution is 2.46. The van der Waals surface area contributed by atoms with Crippen molar-refractivity contribution in [2.75, 3.05) is 17.3 Å². The van der Waals surface area contributed by atoms with Crippen LogP contribution in [0.2, 0.25) is 19.6 Å². The van der Waals surface area contributed by atoms with Crippen molar-refractivity contribution in [2.24, 2.45) is 0 Å². The summed E-state index contributed by atoms with van der Waals surface area (Å²) in [5.74, 6) is 0.286. The van der Waals surface area contributed by atoms with Gasteiger partial charge >= 0.3 is 0 Å². The Morgan fingerprint density at radius 1 is 0.712 bits per heavy atom. The lowest BCUT2D eigenvalue weighted by Crippen LogP contribution is -2.53. The maximum absolute atomic E-state index is 4.91. The summed E-state index contributed by atoms with van der Waals surface area (Å²) in [5, 5.41) is 7.81. The van der Waals surface area contributed by atoms with E-state index in [1.807, 2.05) is 0 Å². The molecule has 1 N–H and O–H groups in total. The van der Waals surface area contributed by atoms with Gasteiger partial charge in [-0.3, -0.25) is 0 Å². The molecule has 1 aliphatic rings. The lowest BCUT2D eigenvalue weighted by atomic mass is 9.78. The molecule has 0 fully saturated rings. The summed E-state index contributed by atoms with van der Waals surface area (Å²) in [6, 6.07) is 55.3. The number of pyridine rings is 1. The fourth-order valence-electron chi connectivity index (χ4n) is 8.89. The number of hydrogen-bond donors (Lipinski definition) is 1. The van der Waals surface area contributed by atoms with Crippen molar-refractivity contribution in [1.29, 1.82) is 0 Å². The van der Waals surface area contributed by atoms with Crippen LogP contribution in [0.15, 0.2) is 194 Å². The molecular formula is C55H56N3Si+. The highest BCUT2D eigenvalue weighted by Gasteiger charge is 2.41. The van der Waals surface area contributed by atoms with Gasteiger partial charge in [-0.1, -0.05) is 172 Å². The summed E-state index contributed by atoms with van der Waals surface area (Å²) in [6.07, 6.45) is 9.49. The molecule has 0 saturated heterocycles. The molecule has 4 heteroatoms. The molecule has 2 atom stereocenters. The molecule has 59 heavy (non-hydrogen) atoms. The van der Waals surface area contributed by atoms with E-state index in [0.717, 1.165) is 47.6 Å². The monoisotopic (exact) mass is 786 g/mol. The molecule has 3 nitrogen and oxygen atoms in total. The molecule has 2 heterocycles. The Balaban J connectivity index is 1.21. The number of rotatable bonds is 13. The number of nitrogens with zero attached hydrogens (tertiary/aromatic N) is 2. The highest BCUT2D eigenvalue weighted by atomic mass is 28.3. The average molecular weight is 787 g/mol. The maximum atomic E-state index is 4.91. The molecule has 7 aromatic rings. The van der Waals surface area contributed by atoms with E-state index < -0.39 is 8.07 Å². The Morgan fingerprint density at radius 2 is 1.39 bits per heavy atom. The Kier molecular flexibility index (Phi) is 11.4. The van der Waals surface area contributed by atoms with Gasteiger partial charge in [0.25, 0.3) is 0 Å². The van der Waals surface area contributed by atoms with Gasteiger partial charge in [0.1, 0.15) is 0 Å². The van der Waals surface area contributed by atoms with Crippen LogP contribution in [-0.4, -0.2) is 15.1 Å². The third-order valence-electron chi connectivity index (χ3n) is 12.1. The number of aromatic nitrogens is 1. The number of fused-ring (bicyclic) bond motifs is 4. The lowest BCUT2D eigenvalue weighted by molar-refractivity contribution is -0.717. The third kappa shape index (κ3) is 8.24. The Morgan fingerprint density at radius 3 is 2.14 bits per heavy atom. The molecule has 0 spiro atoms. The van der Waals surface area contributed by atoms with Crippen molar-refractivity contribution in [2.45, 2.75) is 57.8 Å². The molecule has 2 unspecified atom stereocenters. The van der Waals surface area contributed by atoms with Crippen LogP contribution in [0.25, 0.3) is 44.3 Å². The number of hydrogen-bond acceptors (Lipinski definition) is 2. The van der Waals surface area contributed by atoms with Gasteiger partial charge in [-0.2, -0.15) is 4.57 Å². The van der Waals surface area contributed by atoms with Crippen molar-refractivity contribution in [3.8, 4) is 33.5 Å². The van der Waals surface area contributed by atoms with Crippen LogP contribution in [0.3, 0.4) is 0 Å². The molecule has 1 aliphatic heterocycles. The summed E-state index contributed by atoms with van der Waals surface area (Å²) < 4.78 is 2.61. The third-order valence-corrected chi connectivity index (χ3v) is 14.1. The second kappa shape index (κ2) is 16.9. The van der Waals surface area contributed by atoms with Gasteiger partial charge in [-0.15, -0.1) is 0 Å². The first-order valence-corrected chi connectivity index (χ1v) is 24.5. The molecule has 0 saturated carbocycles. The quantitative estimate of drug-likeness (QED) is 0.0713. The summed E-state index contributed by atoms with van der Waals surface area (Å²) in [6.45, 7) is 18.8. The number of allylic oxidation sites excluding steroid dienone is 4.